The molecule has 0 amide bonds. The van der Waals surface area contributed by atoms with Gasteiger partial charge < -0.3 is 10.4 Å². The van der Waals surface area contributed by atoms with Crippen LogP contribution in [-0.4, -0.2) is 36.2 Å². The monoisotopic (exact) mass is 431 g/mol. The van der Waals surface area contributed by atoms with E-state index in [1.165, 1.54) is 0 Å². The van der Waals surface area contributed by atoms with Crippen LogP contribution < -0.4 is 5.32 Å². The molecule has 0 saturated carbocycles. The summed E-state index contributed by atoms with van der Waals surface area (Å²) in [7, 11) is 0. The van der Waals surface area contributed by atoms with Gasteiger partial charge in [-0.15, -0.1) is 5.10 Å². The van der Waals surface area contributed by atoms with E-state index < -0.39 is 0 Å². The van der Waals surface area contributed by atoms with Crippen molar-refractivity contribution in [1.29, 1.82) is 0 Å². The van der Waals surface area contributed by atoms with Gasteiger partial charge in [-0.25, -0.2) is 4.68 Å². The number of piperidine rings is 1. The number of benzene rings is 1. The fourth-order valence-electron chi connectivity index (χ4n) is 5.12. The number of allylic oxidation sites excluding steroid dienone is 1. The molecule has 1 aromatic carbocycles. The van der Waals surface area contributed by atoms with Gasteiger partial charge in [0.25, 0.3) is 0 Å². The van der Waals surface area contributed by atoms with Crippen molar-refractivity contribution in [2.45, 2.75) is 71.5 Å². The van der Waals surface area contributed by atoms with E-state index in [1.807, 2.05) is 43.3 Å². The lowest BCUT2D eigenvalue weighted by Crippen LogP contribution is -2.58. The highest BCUT2D eigenvalue weighted by atomic mass is 16.3. The highest BCUT2D eigenvalue weighted by Crippen LogP contribution is 2.37. The molecular formula is C26H33N5O. The standard InChI is InChI=1S/C26H33N5O/c1-17(21-11-10-19(14-24(21)32)22-9-7-8-12-27-22)13-23-18(2)31(30-28-23)20-15-25(3,4)29-26(5,6)16-20/h7-14,20,29,32H,15-16H2,1-6H3/b17-13+. The molecule has 0 radical (unpaired) electrons. The molecule has 2 aromatic heterocycles. The van der Waals surface area contributed by atoms with E-state index in [9.17, 15) is 5.11 Å². The molecule has 1 aliphatic rings. The first-order valence-corrected chi connectivity index (χ1v) is 11.2. The first-order valence-electron chi connectivity index (χ1n) is 11.2. The zero-order valence-electron chi connectivity index (χ0n) is 19.8. The predicted octanol–water partition coefficient (Wildman–Crippen LogP) is 5.40. The molecule has 4 rings (SSSR count). The molecule has 6 nitrogen and oxygen atoms in total. The largest absolute Gasteiger partial charge is 0.507 e. The normalized spacial score (nSPS) is 18.6. The Bertz CT molecular complexity index is 1130. The van der Waals surface area contributed by atoms with Crippen LogP contribution in [0.2, 0.25) is 0 Å². The van der Waals surface area contributed by atoms with E-state index in [0.717, 1.165) is 46.6 Å². The van der Waals surface area contributed by atoms with Crippen molar-refractivity contribution in [1.82, 2.24) is 25.3 Å². The number of aromatic hydroxyl groups is 1. The Balaban J connectivity index is 1.61. The lowest BCUT2D eigenvalue weighted by atomic mass is 9.79. The van der Waals surface area contributed by atoms with Crippen molar-refractivity contribution in [3.05, 3.63) is 59.5 Å². The Hall–Kier alpha value is -2.99. The molecule has 3 aromatic rings. The van der Waals surface area contributed by atoms with Crippen molar-refractivity contribution in [3.63, 3.8) is 0 Å². The number of nitrogens with one attached hydrogen (secondary N) is 1. The average Bonchev–Trinajstić information content (AvgIpc) is 3.06. The maximum Gasteiger partial charge on any atom is 0.123 e. The first-order chi connectivity index (χ1) is 15.0. The quantitative estimate of drug-likeness (QED) is 0.579. The second-order valence-corrected chi connectivity index (χ2v) is 10.2. The Morgan fingerprint density at radius 3 is 2.47 bits per heavy atom. The number of phenolic OH excluding ortho intramolecular Hbond substituents is 1. The number of rotatable bonds is 4. The summed E-state index contributed by atoms with van der Waals surface area (Å²) in [4.78, 5) is 4.36. The highest BCUT2D eigenvalue weighted by molar-refractivity contribution is 5.83. The van der Waals surface area contributed by atoms with E-state index in [2.05, 4.69) is 59.9 Å². The number of nitrogens with zero attached hydrogens (tertiary/aromatic N) is 4. The van der Waals surface area contributed by atoms with Gasteiger partial charge in [-0.2, -0.15) is 0 Å². The summed E-state index contributed by atoms with van der Waals surface area (Å²) in [6.45, 7) is 13.0. The number of phenols is 1. The SMILES string of the molecule is C/C(=C\c1nnn(C2CC(C)(C)NC(C)(C)C2)c1C)c1ccc(-c2ccccn2)cc1O. The molecule has 1 saturated heterocycles. The van der Waals surface area contributed by atoms with E-state index in [1.54, 1.807) is 12.3 Å². The zero-order chi connectivity index (χ0) is 23.1. The second-order valence-electron chi connectivity index (χ2n) is 10.2. The number of pyridine rings is 1. The van der Waals surface area contributed by atoms with Crippen molar-refractivity contribution in [3.8, 4) is 17.0 Å². The highest BCUT2D eigenvalue weighted by Gasteiger charge is 2.39. The molecule has 6 heteroatoms. The van der Waals surface area contributed by atoms with Crippen LogP contribution in [0.25, 0.3) is 22.9 Å². The maximum atomic E-state index is 10.7. The maximum absolute atomic E-state index is 10.7. The summed E-state index contributed by atoms with van der Waals surface area (Å²) in [5.41, 5.74) is 5.41. The minimum atomic E-state index is 0.0396. The fourth-order valence-corrected chi connectivity index (χ4v) is 5.12. The number of aromatic nitrogens is 4. The van der Waals surface area contributed by atoms with Gasteiger partial charge in [-0.3, -0.25) is 4.98 Å². The van der Waals surface area contributed by atoms with Gasteiger partial charge in [0.05, 0.1) is 17.4 Å². The van der Waals surface area contributed by atoms with Crippen LogP contribution in [0, 0.1) is 6.92 Å². The Morgan fingerprint density at radius 2 is 1.84 bits per heavy atom. The summed E-state index contributed by atoms with van der Waals surface area (Å²) < 4.78 is 2.08. The van der Waals surface area contributed by atoms with Crippen LogP contribution in [0.3, 0.4) is 0 Å². The zero-order valence-corrected chi connectivity index (χ0v) is 19.8. The summed E-state index contributed by atoms with van der Waals surface area (Å²) in [6.07, 6.45) is 5.75. The summed E-state index contributed by atoms with van der Waals surface area (Å²) >= 11 is 0. The van der Waals surface area contributed by atoms with Crippen LogP contribution in [-0.2, 0) is 0 Å². The second kappa shape index (κ2) is 8.17. The van der Waals surface area contributed by atoms with Crippen LogP contribution in [0.5, 0.6) is 5.75 Å². The number of hydrogen-bond donors (Lipinski definition) is 2. The van der Waals surface area contributed by atoms with Gasteiger partial charge in [0, 0.05) is 28.4 Å². The lowest BCUT2D eigenvalue weighted by molar-refractivity contribution is 0.124. The molecule has 0 unspecified atom stereocenters. The molecule has 3 heterocycles. The third kappa shape index (κ3) is 4.60. The van der Waals surface area contributed by atoms with Gasteiger partial charge >= 0.3 is 0 Å². The lowest BCUT2D eigenvalue weighted by Gasteiger charge is -2.46. The molecule has 0 spiro atoms. The predicted molar refractivity (Wildman–Crippen MR) is 129 cm³/mol. The van der Waals surface area contributed by atoms with Gasteiger partial charge in [-0.1, -0.05) is 23.4 Å². The Labute approximate surface area is 190 Å². The van der Waals surface area contributed by atoms with Gasteiger partial charge in [-0.05, 0) is 84.2 Å². The van der Waals surface area contributed by atoms with Crippen molar-refractivity contribution in [2.24, 2.45) is 0 Å². The molecule has 1 aliphatic heterocycles. The number of hydrogen-bond acceptors (Lipinski definition) is 5. The molecule has 0 bridgehead atoms. The minimum Gasteiger partial charge on any atom is -0.507 e. The Kier molecular flexibility index (Phi) is 5.67. The average molecular weight is 432 g/mol. The molecule has 168 valence electrons. The third-order valence-corrected chi connectivity index (χ3v) is 6.21. The molecule has 0 atom stereocenters. The van der Waals surface area contributed by atoms with Gasteiger partial charge in [0.2, 0.25) is 0 Å². The van der Waals surface area contributed by atoms with Crippen molar-refractivity contribution >= 4 is 11.6 Å². The third-order valence-electron chi connectivity index (χ3n) is 6.21. The molecule has 2 N–H and O–H groups in total. The van der Waals surface area contributed by atoms with E-state index in [4.69, 9.17) is 0 Å². The van der Waals surface area contributed by atoms with Crippen LogP contribution in [0.15, 0.2) is 42.6 Å². The van der Waals surface area contributed by atoms with Crippen LogP contribution >= 0.6 is 0 Å². The van der Waals surface area contributed by atoms with Crippen LogP contribution in [0.1, 0.15) is 70.5 Å². The first kappa shape index (κ1) is 22.2. The van der Waals surface area contributed by atoms with Crippen molar-refractivity contribution in [2.75, 3.05) is 0 Å². The van der Waals surface area contributed by atoms with E-state index in [0.29, 0.717) is 6.04 Å². The van der Waals surface area contributed by atoms with Crippen molar-refractivity contribution < 1.29 is 5.11 Å². The Morgan fingerprint density at radius 1 is 1.12 bits per heavy atom. The van der Waals surface area contributed by atoms with E-state index in [-0.39, 0.29) is 16.8 Å². The molecule has 32 heavy (non-hydrogen) atoms. The summed E-state index contributed by atoms with van der Waals surface area (Å²) in [5.74, 6) is 0.230. The fraction of sp³-hybridized carbons (Fsp3) is 0.423. The summed E-state index contributed by atoms with van der Waals surface area (Å²) in [5, 5.41) is 23.4. The van der Waals surface area contributed by atoms with E-state index >= 15 is 0 Å². The topological polar surface area (TPSA) is 75.9 Å². The minimum absolute atomic E-state index is 0.0396. The smallest absolute Gasteiger partial charge is 0.123 e. The molecular weight excluding hydrogens is 398 g/mol. The molecule has 0 aliphatic carbocycles. The summed E-state index contributed by atoms with van der Waals surface area (Å²) in [6, 6.07) is 11.7. The van der Waals surface area contributed by atoms with Gasteiger partial charge in [0.1, 0.15) is 11.4 Å². The van der Waals surface area contributed by atoms with Gasteiger partial charge in [0.15, 0.2) is 0 Å². The van der Waals surface area contributed by atoms with Crippen LogP contribution in [0.4, 0.5) is 0 Å². The molecule has 1 fully saturated rings.